The Bertz CT molecular complexity index is 1590. The Hall–Kier alpha value is -5.19. The molecule has 0 radical (unpaired) electrons. The molecule has 11 heteroatoms. The zero-order valence-electron chi connectivity index (χ0n) is 24.9. The Kier molecular flexibility index (Phi) is 11.1. The van der Waals surface area contributed by atoms with Gasteiger partial charge in [0, 0.05) is 31.6 Å². The van der Waals surface area contributed by atoms with Gasteiger partial charge in [0.1, 0.15) is 18.2 Å². The summed E-state index contributed by atoms with van der Waals surface area (Å²) in [4.78, 5) is 43.9. The minimum Gasteiger partial charge on any atom is -0.449 e. The number of amides is 4. The van der Waals surface area contributed by atoms with E-state index in [9.17, 15) is 18.8 Å². The van der Waals surface area contributed by atoms with Gasteiger partial charge in [-0.05, 0) is 48.1 Å². The van der Waals surface area contributed by atoms with Gasteiger partial charge in [-0.3, -0.25) is 5.32 Å². The van der Waals surface area contributed by atoms with Gasteiger partial charge in [-0.1, -0.05) is 66.7 Å². The molecule has 3 aromatic carbocycles. The summed E-state index contributed by atoms with van der Waals surface area (Å²) in [6.07, 6.45) is 0.451. The van der Waals surface area contributed by atoms with Crippen molar-refractivity contribution in [3.05, 3.63) is 108 Å². The van der Waals surface area contributed by atoms with Gasteiger partial charge in [-0.25, -0.2) is 23.8 Å². The molecule has 0 aliphatic heterocycles. The predicted molar refractivity (Wildman–Crippen MR) is 165 cm³/mol. The molecule has 0 saturated heterocycles. The summed E-state index contributed by atoms with van der Waals surface area (Å²) < 4.78 is 24.7. The number of ether oxygens (including phenoxy) is 2. The second-order valence-corrected chi connectivity index (χ2v) is 10.3. The van der Waals surface area contributed by atoms with Crippen LogP contribution in [0.1, 0.15) is 30.0 Å². The van der Waals surface area contributed by atoms with Crippen LogP contribution >= 0.6 is 0 Å². The van der Waals surface area contributed by atoms with Gasteiger partial charge in [0.2, 0.25) is 0 Å². The van der Waals surface area contributed by atoms with Crippen LogP contribution in [0.2, 0.25) is 0 Å². The molecule has 4 amide bonds. The number of nitrogens with zero attached hydrogens (tertiary/aromatic N) is 2. The summed E-state index contributed by atoms with van der Waals surface area (Å²) in [6.45, 7) is 3.54. The number of pyridine rings is 1. The number of benzene rings is 3. The molecular formula is C33H36FN5O5. The molecule has 2 atom stereocenters. The van der Waals surface area contributed by atoms with Crippen molar-refractivity contribution in [2.45, 2.75) is 45.5 Å². The number of urea groups is 1. The molecule has 1 aromatic heterocycles. The second-order valence-electron chi connectivity index (χ2n) is 10.3. The minimum atomic E-state index is -0.706. The Balaban J connectivity index is 1.35. The number of alkyl carbamates (subject to hydrolysis) is 1. The molecule has 10 nitrogen and oxygen atoms in total. The number of hydrogen-bond acceptors (Lipinski definition) is 6. The highest BCUT2D eigenvalue weighted by atomic mass is 19.1. The first kappa shape index (κ1) is 31.7. The smallest absolute Gasteiger partial charge is 0.412 e. The summed E-state index contributed by atoms with van der Waals surface area (Å²) in [5.74, 6) is -0.0108. The molecule has 0 spiro atoms. The average Bonchev–Trinajstić information content (AvgIpc) is 3.03. The van der Waals surface area contributed by atoms with Gasteiger partial charge in [-0.15, -0.1) is 0 Å². The van der Waals surface area contributed by atoms with Crippen LogP contribution < -0.4 is 16.0 Å². The molecule has 4 aromatic rings. The van der Waals surface area contributed by atoms with E-state index in [2.05, 4.69) is 20.9 Å². The van der Waals surface area contributed by atoms with Crippen LogP contribution in [-0.4, -0.2) is 53.8 Å². The van der Waals surface area contributed by atoms with E-state index in [1.165, 1.54) is 11.0 Å². The molecule has 0 bridgehead atoms. The summed E-state index contributed by atoms with van der Waals surface area (Å²) in [5, 5.41) is 10.1. The molecule has 3 N–H and O–H groups in total. The van der Waals surface area contributed by atoms with Crippen molar-refractivity contribution in [1.82, 2.24) is 20.5 Å². The molecule has 44 heavy (non-hydrogen) atoms. The lowest BCUT2D eigenvalue weighted by Crippen LogP contribution is -2.53. The third-order valence-corrected chi connectivity index (χ3v) is 7.36. The zero-order valence-corrected chi connectivity index (χ0v) is 24.9. The lowest BCUT2D eigenvalue weighted by Gasteiger charge is -2.32. The van der Waals surface area contributed by atoms with Crippen LogP contribution in [0.5, 0.6) is 0 Å². The van der Waals surface area contributed by atoms with Crippen LogP contribution in [0, 0.1) is 12.7 Å². The molecular weight excluding hydrogens is 565 g/mol. The Labute approximate surface area is 255 Å². The van der Waals surface area contributed by atoms with Crippen LogP contribution in [0.4, 0.5) is 24.6 Å². The van der Waals surface area contributed by atoms with Crippen molar-refractivity contribution >= 4 is 34.8 Å². The van der Waals surface area contributed by atoms with Gasteiger partial charge in [-0.2, -0.15) is 0 Å². The summed E-state index contributed by atoms with van der Waals surface area (Å²) in [5.41, 5.74) is 1.93. The number of fused-ring (bicyclic) bond motifs is 1. The fraction of sp³-hybridized carbons (Fsp3) is 0.273. The van der Waals surface area contributed by atoms with Gasteiger partial charge in [0.15, 0.2) is 0 Å². The lowest BCUT2D eigenvalue weighted by molar-refractivity contribution is 0.117. The number of halogens is 1. The van der Waals surface area contributed by atoms with Gasteiger partial charge in [0.05, 0.1) is 18.7 Å². The summed E-state index contributed by atoms with van der Waals surface area (Å²) in [7, 11) is 1.58. The third kappa shape index (κ3) is 8.90. The molecule has 1 unspecified atom stereocenters. The van der Waals surface area contributed by atoms with Gasteiger partial charge >= 0.3 is 18.2 Å². The fourth-order valence-corrected chi connectivity index (χ4v) is 4.52. The maximum Gasteiger partial charge on any atom is 0.412 e. The van der Waals surface area contributed by atoms with Crippen LogP contribution in [0.25, 0.3) is 10.8 Å². The predicted octanol–water partition coefficient (Wildman–Crippen LogP) is 6.15. The number of rotatable bonds is 11. The number of hydrogen-bond donors (Lipinski definition) is 3. The number of carbonyl (C=O) groups is 3. The minimum absolute atomic E-state index is 0.0642. The number of aromatic nitrogens is 1. The van der Waals surface area contributed by atoms with Crippen LogP contribution in [-0.2, 0) is 22.6 Å². The van der Waals surface area contributed by atoms with Crippen molar-refractivity contribution < 1.29 is 28.2 Å². The Morgan fingerprint density at radius 3 is 2.43 bits per heavy atom. The monoisotopic (exact) mass is 601 g/mol. The fourth-order valence-electron chi connectivity index (χ4n) is 4.52. The van der Waals surface area contributed by atoms with E-state index >= 15 is 0 Å². The molecule has 0 saturated carbocycles. The average molecular weight is 602 g/mol. The number of nitrogens with one attached hydrogen (secondary N) is 3. The zero-order chi connectivity index (χ0) is 31.5. The number of anilines is 1. The van der Waals surface area contributed by atoms with E-state index in [4.69, 9.17) is 9.47 Å². The largest absolute Gasteiger partial charge is 0.449 e. The first-order valence-corrected chi connectivity index (χ1v) is 14.2. The number of carbonyl (C=O) groups excluding carboxylic acids is 3. The molecule has 0 aliphatic rings. The molecule has 1 heterocycles. The molecule has 4 rings (SSSR count). The molecule has 0 fully saturated rings. The number of likely N-dealkylation sites (N-methyl/N-ethyl adjacent to an activating group) is 1. The van der Waals surface area contributed by atoms with Crippen molar-refractivity contribution in [1.29, 1.82) is 0 Å². The van der Waals surface area contributed by atoms with E-state index in [0.717, 1.165) is 16.3 Å². The van der Waals surface area contributed by atoms with Crippen LogP contribution in [0.15, 0.2) is 85.1 Å². The van der Waals surface area contributed by atoms with E-state index in [-0.39, 0.29) is 32.0 Å². The quantitative estimate of drug-likeness (QED) is 0.190. The highest BCUT2D eigenvalue weighted by Crippen LogP contribution is 2.17. The van der Waals surface area contributed by atoms with E-state index in [1.807, 2.05) is 54.6 Å². The summed E-state index contributed by atoms with van der Waals surface area (Å²) >= 11 is 0. The van der Waals surface area contributed by atoms with E-state index in [1.54, 1.807) is 45.3 Å². The SMILES string of the molecule is Cc1c(F)cccc1CNC(=O)N(C)[C@H](C)C(CCOC(=O)Nc1cc2ccccc2cn1)NC(=O)OCc1ccccc1. The standard InChI is InChI=1S/C33H36FN5O5/c1-22-26(14-9-15-28(22)34)19-36-31(40)39(3)23(2)29(37-32(41)44-21-24-10-5-4-6-11-24)16-17-43-33(42)38-30-18-25-12-7-8-13-27(25)20-35-30/h4-15,18,20,23,29H,16-17,19,21H2,1-3H3,(H,36,40)(H,37,41)(H,35,38,42)/t23-,29?/m1/s1. The Morgan fingerprint density at radius 2 is 1.66 bits per heavy atom. The maximum absolute atomic E-state index is 13.9. The van der Waals surface area contributed by atoms with Crippen LogP contribution in [0.3, 0.4) is 0 Å². The van der Waals surface area contributed by atoms with Crippen molar-refractivity contribution in [3.8, 4) is 0 Å². The molecule has 0 aliphatic carbocycles. The van der Waals surface area contributed by atoms with Gasteiger partial charge < -0.3 is 25.0 Å². The van der Waals surface area contributed by atoms with Crippen molar-refractivity contribution in [3.63, 3.8) is 0 Å². The van der Waals surface area contributed by atoms with Crippen molar-refractivity contribution in [2.24, 2.45) is 0 Å². The van der Waals surface area contributed by atoms with E-state index < -0.39 is 30.3 Å². The second kappa shape index (κ2) is 15.3. The third-order valence-electron chi connectivity index (χ3n) is 7.36. The van der Waals surface area contributed by atoms with Gasteiger partial charge in [0.25, 0.3) is 0 Å². The first-order chi connectivity index (χ1) is 21.2. The highest BCUT2D eigenvalue weighted by Gasteiger charge is 2.27. The van der Waals surface area contributed by atoms with E-state index in [0.29, 0.717) is 16.9 Å². The lowest BCUT2D eigenvalue weighted by atomic mass is 10.1. The first-order valence-electron chi connectivity index (χ1n) is 14.2. The molecule has 230 valence electrons. The maximum atomic E-state index is 13.9. The topological polar surface area (TPSA) is 122 Å². The highest BCUT2D eigenvalue weighted by molar-refractivity contribution is 5.89. The van der Waals surface area contributed by atoms with Crippen molar-refractivity contribution in [2.75, 3.05) is 19.0 Å². The normalized spacial score (nSPS) is 12.1. The Morgan fingerprint density at radius 1 is 0.932 bits per heavy atom. The summed E-state index contributed by atoms with van der Waals surface area (Å²) in [6, 6.07) is 21.7.